The van der Waals surface area contributed by atoms with Gasteiger partial charge in [-0.3, -0.25) is 0 Å². The number of piperidine rings is 1. The molecule has 1 aliphatic heterocycles. The van der Waals surface area contributed by atoms with E-state index in [-0.39, 0.29) is 0 Å². The monoisotopic (exact) mass is 264 g/mol. The minimum atomic E-state index is 0.397. The zero-order chi connectivity index (χ0) is 13.0. The summed E-state index contributed by atoms with van der Waals surface area (Å²) in [5.41, 5.74) is 6.52. The van der Waals surface area contributed by atoms with Crippen LogP contribution in [0, 0.1) is 5.92 Å². The molecule has 1 aromatic rings. The van der Waals surface area contributed by atoms with Crippen molar-refractivity contribution in [3.63, 3.8) is 0 Å². The van der Waals surface area contributed by atoms with Crippen LogP contribution in [0.15, 0.2) is 18.3 Å². The number of nitrogens with zero attached hydrogens (tertiary/aromatic N) is 2. The maximum atomic E-state index is 5.69. The first-order valence-electron chi connectivity index (χ1n) is 6.34. The van der Waals surface area contributed by atoms with Crippen molar-refractivity contribution in [3.8, 4) is 0 Å². The minimum Gasteiger partial charge on any atom is -0.389 e. The molecule has 0 aliphatic carbocycles. The Morgan fingerprint density at radius 1 is 1.56 bits per heavy atom. The Balaban J connectivity index is 1.92. The van der Waals surface area contributed by atoms with Crippen LogP contribution in [0.2, 0.25) is 0 Å². The van der Waals surface area contributed by atoms with Gasteiger partial charge in [0.1, 0.15) is 10.8 Å². The summed E-state index contributed by atoms with van der Waals surface area (Å²) in [6, 6.07) is 3.77. The van der Waals surface area contributed by atoms with Gasteiger partial charge in [0.25, 0.3) is 0 Å². The van der Waals surface area contributed by atoms with E-state index in [0.29, 0.717) is 10.9 Å². The second-order valence-electron chi connectivity index (χ2n) is 4.89. The second-order valence-corrected chi connectivity index (χ2v) is 5.33. The van der Waals surface area contributed by atoms with E-state index in [1.54, 1.807) is 6.20 Å². The first-order valence-corrected chi connectivity index (χ1v) is 6.75. The molecule has 2 rings (SSSR count). The summed E-state index contributed by atoms with van der Waals surface area (Å²) in [6.07, 6.45) is 4.23. The molecule has 0 bridgehead atoms. The molecule has 4 nitrogen and oxygen atoms in total. The fraction of sp³-hybridized carbons (Fsp3) is 0.538. The summed E-state index contributed by atoms with van der Waals surface area (Å²) in [4.78, 5) is 7.08. The van der Waals surface area contributed by atoms with E-state index >= 15 is 0 Å². The number of rotatable bonds is 4. The van der Waals surface area contributed by atoms with Crippen LogP contribution in [0.25, 0.3) is 0 Å². The van der Waals surface area contributed by atoms with Crippen LogP contribution in [0.1, 0.15) is 18.4 Å². The van der Waals surface area contributed by atoms with E-state index in [1.807, 2.05) is 12.1 Å². The lowest BCUT2D eigenvalue weighted by Gasteiger charge is -2.29. The first-order chi connectivity index (χ1) is 8.66. The normalized spacial score (nSPS) is 17.6. The van der Waals surface area contributed by atoms with Crippen LogP contribution < -0.4 is 11.1 Å². The molecule has 2 heterocycles. The molecular formula is C13H20N4S. The van der Waals surface area contributed by atoms with Crippen LogP contribution in [-0.4, -0.2) is 41.6 Å². The van der Waals surface area contributed by atoms with E-state index in [9.17, 15) is 0 Å². The maximum absolute atomic E-state index is 5.69. The molecule has 0 amide bonds. The summed E-state index contributed by atoms with van der Waals surface area (Å²) in [5, 5.41) is 3.38. The summed E-state index contributed by atoms with van der Waals surface area (Å²) in [5.74, 6) is 1.52. The Hall–Kier alpha value is -1.20. The Labute approximate surface area is 114 Å². The molecule has 5 heteroatoms. The quantitative estimate of drug-likeness (QED) is 0.807. The highest BCUT2D eigenvalue weighted by Gasteiger charge is 2.17. The summed E-state index contributed by atoms with van der Waals surface area (Å²) in [6.45, 7) is 3.30. The van der Waals surface area contributed by atoms with Crippen LogP contribution in [0.3, 0.4) is 0 Å². The number of hydrogen-bond donors (Lipinski definition) is 2. The Morgan fingerprint density at radius 2 is 2.28 bits per heavy atom. The van der Waals surface area contributed by atoms with Gasteiger partial charge in [0.2, 0.25) is 0 Å². The van der Waals surface area contributed by atoms with Crippen molar-refractivity contribution >= 4 is 23.0 Å². The fourth-order valence-electron chi connectivity index (χ4n) is 2.25. The number of nitrogens with one attached hydrogen (secondary N) is 1. The highest BCUT2D eigenvalue weighted by molar-refractivity contribution is 7.80. The van der Waals surface area contributed by atoms with Crippen molar-refractivity contribution in [1.29, 1.82) is 0 Å². The lowest BCUT2D eigenvalue weighted by molar-refractivity contribution is 0.226. The SMILES string of the molecule is CN1CCC(CNc2ncccc2C(N)=S)CC1. The zero-order valence-electron chi connectivity index (χ0n) is 10.7. The Kier molecular flexibility index (Phi) is 4.49. The van der Waals surface area contributed by atoms with Gasteiger partial charge in [-0.1, -0.05) is 12.2 Å². The van der Waals surface area contributed by atoms with Gasteiger partial charge in [-0.15, -0.1) is 0 Å². The summed E-state index contributed by atoms with van der Waals surface area (Å²) < 4.78 is 0. The van der Waals surface area contributed by atoms with Crippen molar-refractivity contribution in [2.45, 2.75) is 12.8 Å². The number of aromatic nitrogens is 1. The first kappa shape index (κ1) is 13.2. The van der Waals surface area contributed by atoms with E-state index in [4.69, 9.17) is 18.0 Å². The Morgan fingerprint density at radius 3 is 2.94 bits per heavy atom. The van der Waals surface area contributed by atoms with Crippen LogP contribution in [0.4, 0.5) is 5.82 Å². The molecule has 18 heavy (non-hydrogen) atoms. The third-order valence-electron chi connectivity index (χ3n) is 3.47. The van der Waals surface area contributed by atoms with E-state index < -0.39 is 0 Å². The number of likely N-dealkylation sites (tertiary alicyclic amines) is 1. The van der Waals surface area contributed by atoms with Gasteiger partial charge in [0.15, 0.2) is 0 Å². The third-order valence-corrected chi connectivity index (χ3v) is 3.69. The molecule has 1 aromatic heterocycles. The molecule has 0 atom stereocenters. The van der Waals surface area contributed by atoms with Gasteiger partial charge in [-0.25, -0.2) is 4.98 Å². The molecule has 1 fully saturated rings. The molecule has 1 aliphatic rings. The standard InChI is InChI=1S/C13H20N4S/c1-17-7-4-10(5-8-17)9-16-13-11(12(14)18)3-2-6-15-13/h2-3,6,10H,4-5,7-9H2,1H3,(H2,14,18)(H,15,16). The minimum absolute atomic E-state index is 0.397. The number of thiocarbonyl (C=S) groups is 1. The summed E-state index contributed by atoms with van der Waals surface area (Å²) in [7, 11) is 2.17. The second kappa shape index (κ2) is 6.11. The van der Waals surface area contributed by atoms with Crippen molar-refractivity contribution in [3.05, 3.63) is 23.9 Å². The molecule has 98 valence electrons. The van der Waals surface area contributed by atoms with Gasteiger partial charge in [-0.05, 0) is 51.0 Å². The number of nitrogens with two attached hydrogens (primary N) is 1. The van der Waals surface area contributed by atoms with Gasteiger partial charge < -0.3 is 16.0 Å². The van der Waals surface area contributed by atoms with Gasteiger partial charge >= 0.3 is 0 Å². The van der Waals surface area contributed by atoms with Crippen molar-refractivity contribution in [2.75, 3.05) is 32.0 Å². The molecule has 0 saturated carbocycles. The van der Waals surface area contributed by atoms with Crippen LogP contribution in [-0.2, 0) is 0 Å². The predicted octanol–water partition coefficient (Wildman–Crippen LogP) is 1.47. The van der Waals surface area contributed by atoms with Crippen LogP contribution in [0.5, 0.6) is 0 Å². The topological polar surface area (TPSA) is 54.2 Å². The van der Waals surface area contributed by atoms with Gasteiger partial charge in [-0.2, -0.15) is 0 Å². The fourth-order valence-corrected chi connectivity index (χ4v) is 2.42. The average molecular weight is 264 g/mol. The molecule has 0 unspecified atom stereocenters. The lowest BCUT2D eigenvalue weighted by atomic mass is 9.97. The highest BCUT2D eigenvalue weighted by Crippen LogP contribution is 2.18. The summed E-state index contributed by atoms with van der Waals surface area (Å²) >= 11 is 5.03. The number of pyridine rings is 1. The van der Waals surface area contributed by atoms with Gasteiger partial charge in [0, 0.05) is 12.7 Å². The highest BCUT2D eigenvalue weighted by atomic mass is 32.1. The number of anilines is 1. The Bertz CT molecular complexity index is 413. The lowest BCUT2D eigenvalue weighted by Crippen LogP contribution is -2.33. The number of hydrogen-bond acceptors (Lipinski definition) is 4. The third kappa shape index (κ3) is 3.40. The predicted molar refractivity (Wildman–Crippen MR) is 78.8 cm³/mol. The maximum Gasteiger partial charge on any atom is 0.136 e. The molecule has 3 N–H and O–H groups in total. The zero-order valence-corrected chi connectivity index (χ0v) is 11.5. The van der Waals surface area contributed by atoms with Crippen molar-refractivity contribution in [1.82, 2.24) is 9.88 Å². The van der Waals surface area contributed by atoms with Gasteiger partial charge in [0.05, 0.1) is 5.56 Å². The largest absolute Gasteiger partial charge is 0.389 e. The molecular weight excluding hydrogens is 244 g/mol. The molecule has 0 spiro atoms. The van der Waals surface area contributed by atoms with Crippen LogP contribution >= 0.6 is 12.2 Å². The molecule has 0 radical (unpaired) electrons. The van der Waals surface area contributed by atoms with Crippen molar-refractivity contribution < 1.29 is 0 Å². The van der Waals surface area contributed by atoms with E-state index in [0.717, 1.165) is 17.9 Å². The average Bonchev–Trinajstić information content (AvgIpc) is 2.38. The smallest absolute Gasteiger partial charge is 0.136 e. The molecule has 1 saturated heterocycles. The molecule has 0 aromatic carbocycles. The van der Waals surface area contributed by atoms with E-state index in [2.05, 4.69) is 22.2 Å². The van der Waals surface area contributed by atoms with E-state index in [1.165, 1.54) is 25.9 Å². The van der Waals surface area contributed by atoms with Crippen molar-refractivity contribution in [2.24, 2.45) is 11.7 Å².